The summed E-state index contributed by atoms with van der Waals surface area (Å²) in [6.07, 6.45) is 0. The molecule has 0 aliphatic rings. The molecule has 0 saturated heterocycles. The minimum absolute atomic E-state index is 1.11. The molecule has 2 aromatic heterocycles. The van der Waals surface area contributed by atoms with E-state index in [1.54, 1.807) is 0 Å². The van der Waals surface area contributed by atoms with Crippen molar-refractivity contribution in [3.05, 3.63) is 437 Å². The van der Waals surface area contributed by atoms with Gasteiger partial charge in [-0.05, 0) is 243 Å². The molecule has 0 amide bonds. The summed E-state index contributed by atoms with van der Waals surface area (Å²) in [5.74, 6) is 0. The molecule has 0 unspecified atom stereocenters. The van der Waals surface area contributed by atoms with Crippen molar-refractivity contribution in [3.63, 3.8) is 0 Å². The van der Waals surface area contributed by atoms with Crippen molar-refractivity contribution in [2.75, 3.05) is 9.80 Å². The molecule has 0 aliphatic carbocycles. The van der Waals surface area contributed by atoms with E-state index in [-0.39, 0.29) is 0 Å². The number of para-hydroxylation sites is 4. The van der Waals surface area contributed by atoms with Crippen LogP contribution in [0.2, 0.25) is 0 Å². The van der Waals surface area contributed by atoms with Crippen molar-refractivity contribution in [1.29, 1.82) is 0 Å². The summed E-state index contributed by atoms with van der Waals surface area (Å²) in [6.45, 7) is 0. The smallest absolute Gasteiger partial charge is 0.0547 e. The summed E-state index contributed by atoms with van der Waals surface area (Å²) in [7, 11) is 0. The van der Waals surface area contributed by atoms with Crippen molar-refractivity contribution >= 4 is 142 Å². The predicted molar refractivity (Wildman–Crippen MR) is 478 cm³/mol. The Labute approximate surface area is 649 Å². The maximum Gasteiger partial charge on any atom is 0.0547 e. The van der Waals surface area contributed by atoms with Gasteiger partial charge in [-0.25, -0.2) is 0 Å². The minimum atomic E-state index is 1.11. The van der Waals surface area contributed by atoms with E-state index < -0.39 is 0 Å². The van der Waals surface area contributed by atoms with Gasteiger partial charge in [-0.3, -0.25) is 0 Å². The summed E-state index contributed by atoms with van der Waals surface area (Å²) < 4.78 is 4.80. The van der Waals surface area contributed by atoms with E-state index in [0.717, 1.165) is 45.5 Å². The number of rotatable bonds is 12. The van der Waals surface area contributed by atoms with Crippen molar-refractivity contribution in [2.24, 2.45) is 0 Å². The highest BCUT2D eigenvalue weighted by Gasteiger charge is 2.21. The van der Waals surface area contributed by atoms with Gasteiger partial charge in [-0.15, -0.1) is 0 Å². The Morgan fingerprint density at radius 1 is 0.152 bits per heavy atom. The molecule has 0 aliphatic heterocycles. The third-order valence-electron chi connectivity index (χ3n) is 22.7. The average molecular weight is 1430 g/mol. The lowest BCUT2D eigenvalue weighted by molar-refractivity contribution is 1.18. The molecule has 524 valence electrons. The van der Waals surface area contributed by atoms with E-state index in [4.69, 9.17) is 0 Å². The molecular formula is C108H72N4. The SMILES string of the molecule is c1ccc(N(c2ccc(-c3ccc(-n4c5ccccc5c5c6ccccc6ccc54)cc3)cc2)c2ccc(-c3cc4ccccc4c4ccccc34)cc2)cc1.c1ccc(N(c2ccc(-c3ccc(-n4c5ccccc5c5c6ccccc6ccc54)cc3)cc2)c2ccc(-c3ccc4c(ccc5ccccc54)c3)cc2)cc1. The molecule has 0 atom stereocenters. The lowest BCUT2D eigenvalue weighted by Gasteiger charge is -2.26. The zero-order valence-electron chi connectivity index (χ0n) is 61.4. The van der Waals surface area contributed by atoms with Gasteiger partial charge in [0.15, 0.2) is 0 Å². The third-order valence-corrected chi connectivity index (χ3v) is 22.7. The van der Waals surface area contributed by atoms with Crippen LogP contribution >= 0.6 is 0 Å². The Hall–Kier alpha value is -14.8. The molecule has 0 saturated carbocycles. The Morgan fingerprint density at radius 2 is 0.438 bits per heavy atom. The highest BCUT2D eigenvalue weighted by molar-refractivity contribution is 6.23. The predicted octanol–water partition coefficient (Wildman–Crippen LogP) is 30.1. The van der Waals surface area contributed by atoms with E-state index in [0.29, 0.717) is 0 Å². The number of nitrogens with zero attached hydrogens (tertiary/aromatic N) is 4. The molecule has 4 heteroatoms. The van der Waals surface area contributed by atoms with Gasteiger partial charge >= 0.3 is 0 Å². The molecule has 20 aromatic carbocycles. The van der Waals surface area contributed by atoms with Gasteiger partial charge < -0.3 is 18.9 Å². The normalized spacial score (nSPS) is 11.6. The summed E-state index contributed by atoms with van der Waals surface area (Å²) >= 11 is 0. The van der Waals surface area contributed by atoms with Crippen LogP contribution in [0.5, 0.6) is 0 Å². The van der Waals surface area contributed by atoms with Crippen LogP contribution in [-0.2, 0) is 0 Å². The molecule has 0 fully saturated rings. The molecule has 4 nitrogen and oxygen atoms in total. The number of anilines is 6. The van der Waals surface area contributed by atoms with Gasteiger partial charge in [0.25, 0.3) is 0 Å². The second kappa shape index (κ2) is 27.7. The van der Waals surface area contributed by atoms with Gasteiger partial charge in [-0.1, -0.05) is 303 Å². The average Bonchev–Trinajstić information content (AvgIpc) is 1.77. The Bertz CT molecular complexity index is 7310. The number of benzene rings is 20. The fraction of sp³-hybridized carbons (Fsp3) is 0. The van der Waals surface area contributed by atoms with Crippen molar-refractivity contribution in [2.45, 2.75) is 0 Å². The molecule has 0 radical (unpaired) electrons. The van der Waals surface area contributed by atoms with E-state index >= 15 is 0 Å². The number of aromatic nitrogens is 2. The first-order valence-electron chi connectivity index (χ1n) is 38.5. The summed E-state index contributed by atoms with van der Waals surface area (Å²) in [5, 5.41) is 20.5. The maximum atomic E-state index is 2.40. The zero-order chi connectivity index (χ0) is 74.0. The van der Waals surface area contributed by atoms with Gasteiger partial charge in [0.1, 0.15) is 0 Å². The van der Waals surface area contributed by atoms with E-state index in [1.165, 1.54) is 153 Å². The zero-order valence-corrected chi connectivity index (χ0v) is 61.4. The van der Waals surface area contributed by atoms with Crippen LogP contribution in [0.15, 0.2) is 437 Å². The monoisotopic (exact) mass is 1420 g/mol. The van der Waals surface area contributed by atoms with Crippen molar-refractivity contribution < 1.29 is 0 Å². The molecule has 22 rings (SSSR count). The highest BCUT2D eigenvalue weighted by Crippen LogP contribution is 2.44. The van der Waals surface area contributed by atoms with E-state index in [1.807, 2.05) is 0 Å². The Morgan fingerprint density at radius 3 is 0.893 bits per heavy atom. The Kier molecular flexibility index (Phi) is 16.2. The Balaban J connectivity index is 0.000000141. The topological polar surface area (TPSA) is 16.3 Å². The highest BCUT2D eigenvalue weighted by atomic mass is 15.1. The largest absolute Gasteiger partial charge is 0.311 e. The van der Waals surface area contributed by atoms with Gasteiger partial charge in [0.05, 0.1) is 22.1 Å². The summed E-state index contributed by atoms with van der Waals surface area (Å²) in [6, 6.07) is 159. The lowest BCUT2D eigenvalue weighted by Crippen LogP contribution is -2.09. The fourth-order valence-electron chi connectivity index (χ4n) is 17.4. The first kappa shape index (κ1) is 65.5. The molecule has 0 bridgehead atoms. The minimum Gasteiger partial charge on any atom is -0.311 e. The van der Waals surface area contributed by atoms with E-state index in [2.05, 4.69) is 456 Å². The summed E-state index contributed by atoms with van der Waals surface area (Å²) in [4.78, 5) is 4.66. The first-order valence-corrected chi connectivity index (χ1v) is 38.5. The third kappa shape index (κ3) is 11.6. The molecule has 112 heavy (non-hydrogen) atoms. The number of fused-ring (bicyclic) bond motifs is 16. The first-order chi connectivity index (χ1) is 55.5. The van der Waals surface area contributed by atoms with Crippen LogP contribution in [0.25, 0.3) is 164 Å². The lowest BCUT2D eigenvalue weighted by atomic mass is 9.93. The van der Waals surface area contributed by atoms with Gasteiger partial charge in [-0.2, -0.15) is 0 Å². The molecule has 0 N–H and O–H groups in total. The van der Waals surface area contributed by atoms with Crippen LogP contribution < -0.4 is 9.80 Å². The molecular weight excluding hydrogens is 1350 g/mol. The van der Waals surface area contributed by atoms with Crippen LogP contribution in [-0.4, -0.2) is 9.13 Å². The van der Waals surface area contributed by atoms with E-state index in [9.17, 15) is 0 Å². The number of hydrogen-bond acceptors (Lipinski definition) is 2. The van der Waals surface area contributed by atoms with Crippen LogP contribution in [0.1, 0.15) is 0 Å². The quantitative estimate of drug-likeness (QED) is 0.113. The maximum absolute atomic E-state index is 2.40. The van der Waals surface area contributed by atoms with Crippen LogP contribution in [0.4, 0.5) is 34.1 Å². The second-order valence-corrected chi connectivity index (χ2v) is 29.1. The molecule has 22 aromatic rings. The second-order valence-electron chi connectivity index (χ2n) is 29.1. The van der Waals surface area contributed by atoms with Gasteiger partial charge in [0, 0.05) is 67.0 Å². The molecule has 2 heterocycles. The summed E-state index contributed by atoms with van der Waals surface area (Å²) in [5.41, 5.74) is 23.5. The number of hydrogen-bond donors (Lipinski definition) is 0. The van der Waals surface area contributed by atoms with Gasteiger partial charge in [0.2, 0.25) is 0 Å². The van der Waals surface area contributed by atoms with Crippen molar-refractivity contribution in [1.82, 2.24) is 9.13 Å². The van der Waals surface area contributed by atoms with Crippen molar-refractivity contribution in [3.8, 4) is 55.9 Å². The van der Waals surface area contributed by atoms with Crippen LogP contribution in [0.3, 0.4) is 0 Å². The standard InChI is InChI=1S/2C54H36N2/c1-2-14-42(15-3-1)55(44-33-26-40(27-34-44)51-36-41-13-5-6-16-46(41)48-18-8-9-19-49(48)51)43-29-22-37(23-30-43)38-24-31-45(32-25-38)56-52-21-11-10-20-50(52)54-47-17-7-4-12-39(47)28-35-53(54)56;1-2-12-44(13-3-1)55(46-30-24-39(25-31-46)42-26-34-49-43(36-42)19-18-40-10-4-6-14-48(40)49)45-28-20-37(21-29-45)38-22-32-47(33-23-38)56-52-17-9-8-16-51(52)54-50-15-7-5-11-41(50)27-35-53(54)56/h2*1-36H. The fourth-order valence-corrected chi connectivity index (χ4v) is 17.4. The molecule has 0 spiro atoms. The van der Waals surface area contributed by atoms with Crippen LogP contribution in [0, 0.1) is 0 Å².